The largest absolute Gasteiger partial charge is 0.299 e. The molecule has 146 valence electrons. The molecule has 0 atom stereocenters. The van der Waals surface area contributed by atoms with E-state index in [-0.39, 0.29) is 0 Å². The van der Waals surface area contributed by atoms with Gasteiger partial charge in [-0.2, -0.15) is 5.10 Å². The average Bonchev–Trinajstić information content (AvgIpc) is 3.23. The van der Waals surface area contributed by atoms with Crippen LogP contribution in [-0.4, -0.2) is 33.2 Å². The highest BCUT2D eigenvalue weighted by atomic mass is 15.1. The van der Waals surface area contributed by atoms with Crippen molar-refractivity contribution in [1.29, 1.82) is 0 Å². The van der Waals surface area contributed by atoms with E-state index in [9.17, 15) is 0 Å². The molecule has 1 N–H and O–H groups in total. The number of piperidine rings is 1. The lowest BCUT2D eigenvalue weighted by atomic mass is 9.89. The Balaban J connectivity index is 1.28. The summed E-state index contributed by atoms with van der Waals surface area (Å²) in [4.78, 5) is 6.67. The number of likely N-dealkylation sites (tertiary alicyclic amines) is 1. The number of rotatable bonds is 5. The normalized spacial score (nSPS) is 15.7. The number of pyridine rings is 1. The summed E-state index contributed by atoms with van der Waals surface area (Å²) in [6.45, 7) is 3.26. The second kappa shape index (κ2) is 8.18. The van der Waals surface area contributed by atoms with Crippen LogP contribution in [0, 0.1) is 0 Å². The Morgan fingerprint density at radius 1 is 0.897 bits per heavy atom. The highest BCUT2D eigenvalue weighted by molar-refractivity contribution is 5.85. The molecule has 29 heavy (non-hydrogen) atoms. The Morgan fingerprint density at radius 3 is 2.55 bits per heavy atom. The van der Waals surface area contributed by atoms with Gasteiger partial charge in [0.05, 0.1) is 6.20 Å². The molecule has 2 aromatic carbocycles. The van der Waals surface area contributed by atoms with Crippen molar-refractivity contribution >= 4 is 10.8 Å². The Morgan fingerprint density at radius 2 is 1.69 bits per heavy atom. The van der Waals surface area contributed by atoms with Gasteiger partial charge >= 0.3 is 0 Å². The monoisotopic (exact) mass is 382 g/mol. The Kier molecular flexibility index (Phi) is 5.10. The molecular weight excluding hydrogens is 356 g/mol. The maximum Gasteiger partial charge on any atom is 0.0525 e. The molecule has 0 bridgehead atoms. The molecule has 1 aliphatic heterocycles. The van der Waals surface area contributed by atoms with E-state index in [0.717, 1.165) is 26.1 Å². The summed E-state index contributed by atoms with van der Waals surface area (Å²) in [5.74, 6) is 0.566. The zero-order valence-electron chi connectivity index (χ0n) is 16.6. The minimum absolute atomic E-state index is 0.566. The molecule has 4 aromatic rings. The summed E-state index contributed by atoms with van der Waals surface area (Å²) in [7, 11) is 0. The second-order valence-corrected chi connectivity index (χ2v) is 8.03. The van der Waals surface area contributed by atoms with Crippen molar-refractivity contribution in [2.45, 2.75) is 31.7 Å². The van der Waals surface area contributed by atoms with Gasteiger partial charge in [0.15, 0.2) is 0 Å². The molecule has 3 heterocycles. The van der Waals surface area contributed by atoms with Gasteiger partial charge in [-0.25, -0.2) is 0 Å². The van der Waals surface area contributed by atoms with E-state index in [0.29, 0.717) is 5.92 Å². The molecule has 0 aliphatic carbocycles. The number of nitrogens with one attached hydrogen (secondary N) is 1. The standard InChI is InChI=1S/C25H26N4/c1-2-7-24-20(4-1)5-3-6-22(24)16-23-17-27-28-25(23)21-10-14-29(15-11-21)18-19-8-12-26-13-9-19/h1-9,12-13,17,21H,10-11,14-16,18H2,(H,27,28). The molecular formula is C25H26N4. The van der Waals surface area contributed by atoms with E-state index in [1.807, 2.05) is 18.6 Å². The van der Waals surface area contributed by atoms with Crippen LogP contribution >= 0.6 is 0 Å². The van der Waals surface area contributed by atoms with Crippen LogP contribution in [0.25, 0.3) is 10.8 Å². The Hall–Kier alpha value is -2.98. The molecule has 0 spiro atoms. The lowest BCUT2D eigenvalue weighted by Crippen LogP contribution is -2.32. The number of H-pyrrole nitrogens is 1. The van der Waals surface area contributed by atoms with Crippen LogP contribution in [0.4, 0.5) is 0 Å². The molecule has 0 unspecified atom stereocenters. The van der Waals surface area contributed by atoms with Crippen molar-refractivity contribution in [1.82, 2.24) is 20.1 Å². The first-order valence-electron chi connectivity index (χ1n) is 10.5. The molecule has 0 amide bonds. The molecule has 2 aromatic heterocycles. The summed E-state index contributed by atoms with van der Waals surface area (Å²) >= 11 is 0. The summed E-state index contributed by atoms with van der Waals surface area (Å²) in [6, 6.07) is 19.5. The molecule has 1 saturated heterocycles. The van der Waals surface area contributed by atoms with Gasteiger partial charge in [-0.3, -0.25) is 15.0 Å². The van der Waals surface area contributed by atoms with Crippen LogP contribution in [0.15, 0.2) is 73.2 Å². The van der Waals surface area contributed by atoms with E-state index < -0.39 is 0 Å². The molecule has 1 aliphatic rings. The molecule has 4 nitrogen and oxygen atoms in total. The van der Waals surface area contributed by atoms with Crippen molar-refractivity contribution < 1.29 is 0 Å². The lowest BCUT2D eigenvalue weighted by molar-refractivity contribution is 0.203. The van der Waals surface area contributed by atoms with E-state index >= 15 is 0 Å². The SMILES string of the molecule is c1ccc2c(Cc3cn[nH]c3C3CCN(Cc4ccncc4)CC3)cccc2c1. The van der Waals surface area contributed by atoms with Crippen LogP contribution in [0.1, 0.15) is 41.1 Å². The van der Waals surface area contributed by atoms with Gasteiger partial charge in [0.25, 0.3) is 0 Å². The smallest absolute Gasteiger partial charge is 0.0525 e. The predicted molar refractivity (Wildman–Crippen MR) is 117 cm³/mol. The van der Waals surface area contributed by atoms with E-state index in [1.165, 1.54) is 46.0 Å². The topological polar surface area (TPSA) is 44.8 Å². The van der Waals surface area contributed by atoms with E-state index in [2.05, 4.69) is 74.7 Å². The number of hydrogen-bond acceptors (Lipinski definition) is 3. The van der Waals surface area contributed by atoms with Crippen molar-refractivity contribution in [3.8, 4) is 0 Å². The third-order valence-electron chi connectivity index (χ3n) is 6.16. The van der Waals surface area contributed by atoms with Crippen molar-refractivity contribution in [3.63, 3.8) is 0 Å². The van der Waals surface area contributed by atoms with Gasteiger partial charge in [-0.1, -0.05) is 42.5 Å². The number of hydrogen-bond donors (Lipinski definition) is 1. The quantitative estimate of drug-likeness (QED) is 0.532. The fraction of sp³-hybridized carbons (Fsp3) is 0.280. The van der Waals surface area contributed by atoms with Gasteiger partial charge in [0.1, 0.15) is 0 Å². The van der Waals surface area contributed by atoms with E-state index in [4.69, 9.17) is 0 Å². The maximum atomic E-state index is 4.41. The van der Waals surface area contributed by atoms with Crippen LogP contribution in [-0.2, 0) is 13.0 Å². The predicted octanol–water partition coefficient (Wildman–Crippen LogP) is 4.93. The molecule has 0 saturated carbocycles. The van der Waals surface area contributed by atoms with Gasteiger partial charge in [0, 0.05) is 37.0 Å². The first-order valence-corrected chi connectivity index (χ1v) is 10.5. The number of nitrogens with zero attached hydrogens (tertiary/aromatic N) is 3. The summed E-state index contributed by atoms with van der Waals surface area (Å²) in [5, 5.41) is 10.4. The number of aromatic amines is 1. The number of fused-ring (bicyclic) bond motifs is 1. The highest BCUT2D eigenvalue weighted by Crippen LogP contribution is 2.31. The fourth-order valence-corrected chi connectivity index (χ4v) is 4.59. The zero-order valence-corrected chi connectivity index (χ0v) is 16.6. The number of aromatic nitrogens is 3. The van der Waals surface area contributed by atoms with Gasteiger partial charge in [-0.15, -0.1) is 0 Å². The number of benzene rings is 2. The lowest BCUT2D eigenvalue weighted by Gasteiger charge is -2.32. The maximum absolute atomic E-state index is 4.41. The van der Waals surface area contributed by atoms with Gasteiger partial charge in [0.2, 0.25) is 0 Å². The van der Waals surface area contributed by atoms with Crippen LogP contribution in [0.3, 0.4) is 0 Å². The summed E-state index contributed by atoms with van der Waals surface area (Å²) < 4.78 is 0. The molecule has 0 radical (unpaired) electrons. The zero-order chi connectivity index (χ0) is 19.5. The van der Waals surface area contributed by atoms with Crippen LogP contribution in [0.5, 0.6) is 0 Å². The van der Waals surface area contributed by atoms with Crippen molar-refractivity contribution in [2.75, 3.05) is 13.1 Å². The van der Waals surface area contributed by atoms with E-state index in [1.54, 1.807) is 0 Å². The van der Waals surface area contributed by atoms with Gasteiger partial charge < -0.3 is 0 Å². The Bertz CT molecular complexity index is 1070. The highest BCUT2D eigenvalue weighted by Gasteiger charge is 2.24. The van der Waals surface area contributed by atoms with Gasteiger partial charge in [-0.05, 0) is 65.5 Å². The first-order chi connectivity index (χ1) is 14.4. The second-order valence-electron chi connectivity index (χ2n) is 8.03. The minimum atomic E-state index is 0.566. The summed E-state index contributed by atoms with van der Waals surface area (Å²) in [6.07, 6.45) is 9.08. The molecule has 5 rings (SSSR count). The first kappa shape index (κ1) is 18.1. The third-order valence-corrected chi connectivity index (χ3v) is 6.16. The summed E-state index contributed by atoms with van der Waals surface area (Å²) in [5.41, 5.74) is 5.40. The molecule has 4 heteroatoms. The van der Waals surface area contributed by atoms with Crippen LogP contribution < -0.4 is 0 Å². The Labute approximate surface area is 171 Å². The van der Waals surface area contributed by atoms with Crippen LogP contribution in [0.2, 0.25) is 0 Å². The fourth-order valence-electron chi connectivity index (χ4n) is 4.59. The van der Waals surface area contributed by atoms with Crippen molar-refractivity contribution in [3.05, 3.63) is 95.6 Å². The molecule has 1 fully saturated rings. The third kappa shape index (κ3) is 3.94. The average molecular weight is 383 g/mol. The minimum Gasteiger partial charge on any atom is -0.299 e. The van der Waals surface area contributed by atoms with Crippen molar-refractivity contribution in [2.24, 2.45) is 0 Å².